The van der Waals surface area contributed by atoms with Crippen molar-refractivity contribution in [1.29, 1.82) is 0 Å². The second-order valence-electron chi connectivity index (χ2n) is 3.60. The normalized spacial score (nSPS) is 11.2. The van der Waals surface area contributed by atoms with Gasteiger partial charge in [-0.3, -0.25) is 4.79 Å². The molecule has 1 nitrogen and oxygen atoms in total. The molecule has 0 heterocycles. The number of rotatable bonds is 3. The summed E-state index contributed by atoms with van der Waals surface area (Å²) < 4.78 is 13.7. The van der Waals surface area contributed by atoms with Crippen LogP contribution in [0.2, 0.25) is 0 Å². The Kier molecular flexibility index (Phi) is 3.46. The number of halogens is 1. The topological polar surface area (TPSA) is 17.1 Å². The maximum absolute atomic E-state index is 13.7. The van der Waals surface area contributed by atoms with Crippen molar-refractivity contribution in [2.45, 2.75) is 0 Å². The molecule has 2 aromatic carbocycles. The second kappa shape index (κ2) is 5.21. The second-order valence-corrected chi connectivity index (χ2v) is 3.60. The van der Waals surface area contributed by atoms with Crippen molar-refractivity contribution in [1.82, 2.24) is 0 Å². The van der Waals surface area contributed by atoms with E-state index in [1.165, 1.54) is 6.08 Å². The minimum atomic E-state index is -0.748. The van der Waals surface area contributed by atoms with Crippen molar-refractivity contribution in [2.24, 2.45) is 0 Å². The molecule has 0 bridgehead atoms. The van der Waals surface area contributed by atoms with E-state index in [1.54, 1.807) is 54.6 Å². The quantitative estimate of drug-likeness (QED) is 0.573. The fourth-order valence-corrected chi connectivity index (χ4v) is 1.49. The SMILES string of the molecule is O=C(C(F)=Cc1ccccc1)c1ccccc1. The van der Waals surface area contributed by atoms with Gasteiger partial charge in [0.1, 0.15) is 0 Å². The smallest absolute Gasteiger partial charge is 0.221 e. The summed E-state index contributed by atoms with van der Waals surface area (Å²) in [6, 6.07) is 17.3. The molecular formula is C15H11FO. The third-order valence-electron chi connectivity index (χ3n) is 2.35. The lowest BCUT2D eigenvalue weighted by molar-refractivity contribution is 0.101. The summed E-state index contributed by atoms with van der Waals surface area (Å²) in [4.78, 5) is 11.7. The van der Waals surface area contributed by atoms with E-state index in [1.807, 2.05) is 6.07 Å². The largest absolute Gasteiger partial charge is 0.286 e. The Balaban J connectivity index is 2.24. The summed E-state index contributed by atoms with van der Waals surface area (Å²) in [7, 11) is 0. The number of carbonyl (C=O) groups is 1. The van der Waals surface area contributed by atoms with Crippen LogP contribution in [0.25, 0.3) is 6.08 Å². The van der Waals surface area contributed by atoms with E-state index in [4.69, 9.17) is 0 Å². The highest BCUT2D eigenvalue weighted by atomic mass is 19.1. The highest BCUT2D eigenvalue weighted by molar-refractivity contribution is 6.09. The van der Waals surface area contributed by atoms with E-state index in [2.05, 4.69) is 0 Å². The van der Waals surface area contributed by atoms with Crippen LogP contribution in [0.5, 0.6) is 0 Å². The molecule has 2 rings (SSSR count). The minimum Gasteiger partial charge on any atom is -0.286 e. The number of ketones is 1. The maximum Gasteiger partial charge on any atom is 0.221 e. The van der Waals surface area contributed by atoms with Crippen molar-refractivity contribution < 1.29 is 9.18 Å². The van der Waals surface area contributed by atoms with Crippen LogP contribution in [0.1, 0.15) is 15.9 Å². The van der Waals surface area contributed by atoms with Gasteiger partial charge in [-0.25, -0.2) is 4.39 Å². The third-order valence-corrected chi connectivity index (χ3v) is 2.35. The van der Waals surface area contributed by atoms with Crippen LogP contribution in [0.4, 0.5) is 4.39 Å². The minimum absolute atomic E-state index is 0.359. The number of Topliss-reactive ketones (excluding diaryl/α,β-unsaturated/α-hetero) is 1. The predicted molar refractivity (Wildman–Crippen MR) is 66.3 cm³/mol. The van der Waals surface area contributed by atoms with Gasteiger partial charge in [0, 0.05) is 5.56 Å². The van der Waals surface area contributed by atoms with E-state index < -0.39 is 11.6 Å². The van der Waals surface area contributed by atoms with Gasteiger partial charge in [-0.15, -0.1) is 0 Å². The van der Waals surface area contributed by atoms with Crippen molar-refractivity contribution in [3.05, 3.63) is 77.6 Å². The molecule has 0 aliphatic heterocycles. The number of carbonyl (C=O) groups excluding carboxylic acids is 1. The predicted octanol–water partition coefficient (Wildman–Crippen LogP) is 3.88. The molecule has 0 aliphatic carbocycles. The van der Waals surface area contributed by atoms with Gasteiger partial charge in [0.05, 0.1) is 0 Å². The van der Waals surface area contributed by atoms with E-state index in [0.717, 1.165) is 0 Å². The lowest BCUT2D eigenvalue weighted by Gasteiger charge is -1.98. The van der Waals surface area contributed by atoms with Crippen LogP contribution in [-0.2, 0) is 0 Å². The zero-order valence-corrected chi connectivity index (χ0v) is 9.14. The van der Waals surface area contributed by atoms with Crippen molar-refractivity contribution in [3.63, 3.8) is 0 Å². The Morgan fingerprint density at radius 3 is 2.00 bits per heavy atom. The van der Waals surface area contributed by atoms with Gasteiger partial charge in [-0.1, -0.05) is 60.7 Å². The number of hydrogen-bond donors (Lipinski definition) is 0. The van der Waals surface area contributed by atoms with Crippen LogP contribution in [0, 0.1) is 0 Å². The molecule has 2 heteroatoms. The standard InChI is InChI=1S/C15H11FO/c16-14(11-12-7-3-1-4-8-12)15(17)13-9-5-2-6-10-13/h1-11H. The molecule has 84 valence electrons. The van der Waals surface area contributed by atoms with Crippen LogP contribution in [0.3, 0.4) is 0 Å². The first-order valence-corrected chi connectivity index (χ1v) is 5.29. The lowest BCUT2D eigenvalue weighted by Crippen LogP contribution is -1.98. The summed E-state index contributed by atoms with van der Waals surface area (Å²) in [6.45, 7) is 0. The van der Waals surface area contributed by atoms with Crippen LogP contribution >= 0.6 is 0 Å². The Bertz CT molecular complexity index is 529. The first-order chi connectivity index (χ1) is 8.27. The molecular weight excluding hydrogens is 215 g/mol. The Morgan fingerprint density at radius 2 is 1.41 bits per heavy atom. The summed E-state index contributed by atoms with van der Waals surface area (Å²) in [6.07, 6.45) is 1.25. The highest BCUT2D eigenvalue weighted by Crippen LogP contribution is 2.13. The van der Waals surface area contributed by atoms with Crippen LogP contribution < -0.4 is 0 Å². The molecule has 0 unspecified atom stereocenters. The molecule has 0 spiro atoms. The molecule has 17 heavy (non-hydrogen) atoms. The Morgan fingerprint density at radius 1 is 0.882 bits per heavy atom. The monoisotopic (exact) mass is 226 g/mol. The summed E-state index contributed by atoms with van der Waals surface area (Å²) in [5.41, 5.74) is 1.03. The van der Waals surface area contributed by atoms with Gasteiger partial charge in [-0.2, -0.15) is 0 Å². The maximum atomic E-state index is 13.7. The lowest BCUT2D eigenvalue weighted by atomic mass is 10.1. The van der Waals surface area contributed by atoms with Crippen molar-refractivity contribution >= 4 is 11.9 Å². The fourth-order valence-electron chi connectivity index (χ4n) is 1.49. The Labute approximate surface area is 99.2 Å². The molecule has 2 aromatic rings. The number of hydrogen-bond acceptors (Lipinski definition) is 1. The molecule has 0 radical (unpaired) electrons. The average Bonchev–Trinajstić information content (AvgIpc) is 2.40. The van der Waals surface area contributed by atoms with Gasteiger partial charge in [0.2, 0.25) is 5.78 Å². The van der Waals surface area contributed by atoms with Crippen LogP contribution in [0.15, 0.2) is 66.5 Å². The highest BCUT2D eigenvalue weighted by Gasteiger charge is 2.10. The summed E-state index contributed by atoms with van der Waals surface area (Å²) in [5, 5.41) is 0. The first kappa shape index (κ1) is 11.3. The zero-order chi connectivity index (χ0) is 12.1. The third kappa shape index (κ3) is 2.88. The molecule has 0 aromatic heterocycles. The van der Waals surface area contributed by atoms with E-state index >= 15 is 0 Å². The summed E-state index contributed by atoms with van der Waals surface area (Å²) >= 11 is 0. The summed E-state index contributed by atoms with van der Waals surface area (Å²) in [5.74, 6) is -1.34. The van der Waals surface area contributed by atoms with Gasteiger partial charge in [0.25, 0.3) is 0 Å². The van der Waals surface area contributed by atoms with Crippen molar-refractivity contribution in [2.75, 3.05) is 0 Å². The molecule has 0 amide bonds. The molecule has 0 N–H and O–H groups in total. The van der Waals surface area contributed by atoms with Gasteiger partial charge in [-0.05, 0) is 11.6 Å². The van der Waals surface area contributed by atoms with Gasteiger partial charge < -0.3 is 0 Å². The van der Waals surface area contributed by atoms with E-state index in [-0.39, 0.29) is 0 Å². The molecule has 0 fully saturated rings. The Hall–Kier alpha value is -2.22. The van der Waals surface area contributed by atoms with Gasteiger partial charge >= 0.3 is 0 Å². The first-order valence-electron chi connectivity index (χ1n) is 5.29. The molecule has 0 saturated carbocycles. The van der Waals surface area contributed by atoms with Crippen molar-refractivity contribution in [3.8, 4) is 0 Å². The van der Waals surface area contributed by atoms with E-state index in [9.17, 15) is 9.18 Å². The van der Waals surface area contributed by atoms with Gasteiger partial charge in [0.15, 0.2) is 5.83 Å². The molecule has 0 saturated heterocycles. The number of benzene rings is 2. The molecule has 0 atom stereocenters. The van der Waals surface area contributed by atoms with E-state index in [0.29, 0.717) is 11.1 Å². The zero-order valence-electron chi connectivity index (χ0n) is 9.14. The van der Waals surface area contributed by atoms with Crippen LogP contribution in [-0.4, -0.2) is 5.78 Å². The average molecular weight is 226 g/mol. The fraction of sp³-hybridized carbons (Fsp3) is 0. The molecule has 0 aliphatic rings. The number of allylic oxidation sites excluding steroid dienone is 1.